The lowest BCUT2D eigenvalue weighted by atomic mass is 10.0. The van der Waals surface area contributed by atoms with Crippen molar-refractivity contribution in [3.63, 3.8) is 0 Å². The largest absolute Gasteiger partial charge is 0.373 e. The maximum absolute atomic E-state index is 11.6. The molecule has 0 rings (SSSR count). The Labute approximate surface area is 113 Å². The second-order valence-corrected chi connectivity index (χ2v) is 4.89. The van der Waals surface area contributed by atoms with Gasteiger partial charge in [0.05, 0.1) is 0 Å². The van der Waals surface area contributed by atoms with Crippen LogP contribution in [-0.4, -0.2) is 19.0 Å². The molecular formula is C16H30O2. The summed E-state index contributed by atoms with van der Waals surface area (Å²) in [6.45, 7) is 4.10. The summed E-state index contributed by atoms with van der Waals surface area (Å²) in [7, 11) is 1.62. The van der Waals surface area contributed by atoms with E-state index >= 15 is 0 Å². The van der Waals surface area contributed by atoms with Gasteiger partial charge in [-0.05, 0) is 19.4 Å². The first kappa shape index (κ1) is 17.4. The number of carbonyl (C=O) groups excluding carboxylic acids is 1. The van der Waals surface area contributed by atoms with E-state index in [2.05, 4.69) is 6.92 Å². The second kappa shape index (κ2) is 12.8. The Hall–Kier alpha value is -0.630. The SMILES string of the molecule is CC=CC(=O)C(CCCCCCCCCC)OC. The Morgan fingerprint density at radius 1 is 1.06 bits per heavy atom. The summed E-state index contributed by atoms with van der Waals surface area (Å²) in [6.07, 6.45) is 14.3. The van der Waals surface area contributed by atoms with E-state index in [4.69, 9.17) is 4.74 Å². The highest BCUT2D eigenvalue weighted by Crippen LogP contribution is 2.12. The zero-order chi connectivity index (χ0) is 13.6. The Balaban J connectivity index is 3.48. The molecule has 1 atom stereocenters. The molecule has 0 aromatic heterocycles. The molecule has 0 saturated heterocycles. The van der Waals surface area contributed by atoms with Gasteiger partial charge in [-0.15, -0.1) is 0 Å². The number of hydrogen-bond donors (Lipinski definition) is 0. The summed E-state index contributed by atoms with van der Waals surface area (Å²) in [5, 5.41) is 0. The molecule has 0 aromatic carbocycles. The summed E-state index contributed by atoms with van der Waals surface area (Å²) >= 11 is 0. The molecule has 0 fully saturated rings. The first-order valence-corrected chi connectivity index (χ1v) is 7.45. The predicted molar refractivity (Wildman–Crippen MR) is 77.8 cm³/mol. The predicted octanol–water partition coefficient (Wildman–Crippen LogP) is 4.68. The van der Waals surface area contributed by atoms with Gasteiger partial charge in [0, 0.05) is 7.11 Å². The van der Waals surface area contributed by atoms with E-state index in [1.807, 2.05) is 6.92 Å². The van der Waals surface area contributed by atoms with E-state index in [-0.39, 0.29) is 11.9 Å². The Bertz CT molecular complexity index is 221. The average Bonchev–Trinajstić information content (AvgIpc) is 2.37. The van der Waals surface area contributed by atoms with Crippen LogP contribution >= 0.6 is 0 Å². The summed E-state index contributed by atoms with van der Waals surface area (Å²) in [4.78, 5) is 11.6. The monoisotopic (exact) mass is 254 g/mol. The smallest absolute Gasteiger partial charge is 0.184 e. The van der Waals surface area contributed by atoms with Crippen molar-refractivity contribution >= 4 is 5.78 Å². The van der Waals surface area contributed by atoms with Gasteiger partial charge in [0.15, 0.2) is 5.78 Å². The third-order valence-electron chi connectivity index (χ3n) is 3.25. The van der Waals surface area contributed by atoms with Crippen molar-refractivity contribution in [2.45, 2.75) is 77.7 Å². The molecule has 0 heterocycles. The minimum absolute atomic E-state index is 0.0999. The molecule has 0 saturated carbocycles. The molecule has 0 aliphatic carbocycles. The van der Waals surface area contributed by atoms with Crippen LogP contribution in [0.4, 0.5) is 0 Å². The van der Waals surface area contributed by atoms with Crippen LogP contribution in [0.1, 0.15) is 71.6 Å². The number of carbonyl (C=O) groups is 1. The molecule has 2 nitrogen and oxygen atoms in total. The molecule has 0 spiro atoms. The fourth-order valence-electron chi connectivity index (χ4n) is 2.11. The highest BCUT2D eigenvalue weighted by Gasteiger charge is 2.13. The Morgan fingerprint density at radius 2 is 1.61 bits per heavy atom. The Kier molecular flexibility index (Phi) is 12.4. The first-order chi connectivity index (χ1) is 8.76. The normalized spacial score (nSPS) is 13.1. The lowest BCUT2D eigenvalue weighted by Gasteiger charge is -2.11. The zero-order valence-corrected chi connectivity index (χ0v) is 12.4. The van der Waals surface area contributed by atoms with Crippen molar-refractivity contribution < 1.29 is 9.53 Å². The van der Waals surface area contributed by atoms with E-state index < -0.39 is 0 Å². The molecule has 106 valence electrons. The van der Waals surface area contributed by atoms with Crippen LogP contribution in [0.25, 0.3) is 0 Å². The lowest BCUT2D eigenvalue weighted by Crippen LogP contribution is -2.20. The van der Waals surface area contributed by atoms with Gasteiger partial charge in [0.25, 0.3) is 0 Å². The maximum Gasteiger partial charge on any atom is 0.184 e. The third kappa shape index (κ3) is 9.41. The quantitative estimate of drug-likeness (QED) is 0.373. The van der Waals surface area contributed by atoms with Crippen molar-refractivity contribution in [3.8, 4) is 0 Å². The van der Waals surface area contributed by atoms with E-state index in [9.17, 15) is 4.79 Å². The summed E-state index contributed by atoms with van der Waals surface area (Å²) in [5.74, 6) is 0.0999. The number of ether oxygens (including phenoxy) is 1. The van der Waals surface area contributed by atoms with E-state index in [0.29, 0.717) is 0 Å². The molecule has 0 aliphatic rings. The molecule has 2 heteroatoms. The van der Waals surface area contributed by atoms with Gasteiger partial charge in [-0.2, -0.15) is 0 Å². The molecular weight excluding hydrogens is 224 g/mol. The minimum Gasteiger partial charge on any atom is -0.373 e. The van der Waals surface area contributed by atoms with E-state index in [1.54, 1.807) is 19.3 Å². The summed E-state index contributed by atoms with van der Waals surface area (Å²) in [6, 6.07) is 0. The van der Waals surface area contributed by atoms with Crippen LogP contribution in [0.5, 0.6) is 0 Å². The van der Waals surface area contributed by atoms with Gasteiger partial charge < -0.3 is 4.74 Å². The minimum atomic E-state index is -0.235. The van der Waals surface area contributed by atoms with Crippen molar-refractivity contribution in [2.75, 3.05) is 7.11 Å². The van der Waals surface area contributed by atoms with Crippen molar-refractivity contribution in [3.05, 3.63) is 12.2 Å². The number of rotatable bonds is 12. The van der Waals surface area contributed by atoms with Gasteiger partial charge in [-0.25, -0.2) is 0 Å². The molecule has 0 amide bonds. The van der Waals surface area contributed by atoms with Gasteiger partial charge in [-0.1, -0.05) is 64.4 Å². The molecule has 0 aliphatic heterocycles. The third-order valence-corrected chi connectivity index (χ3v) is 3.25. The summed E-state index contributed by atoms with van der Waals surface area (Å²) < 4.78 is 5.22. The zero-order valence-electron chi connectivity index (χ0n) is 12.4. The fourth-order valence-corrected chi connectivity index (χ4v) is 2.11. The molecule has 0 radical (unpaired) electrons. The number of hydrogen-bond acceptors (Lipinski definition) is 2. The molecule has 0 bridgehead atoms. The van der Waals surface area contributed by atoms with Crippen molar-refractivity contribution in [2.24, 2.45) is 0 Å². The molecule has 18 heavy (non-hydrogen) atoms. The maximum atomic E-state index is 11.6. The van der Waals surface area contributed by atoms with Crippen LogP contribution in [0.2, 0.25) is 0 Å². The van der Waals surface area contributed by atoms with Crippen LogP contribution < -0.4 is 0 Å². The van der Waals surface area contributed by atoms with Crippen LogP contribution in [0.3, 0.4) is 0 Å². The lowest BCUT2D eigenvalue weighted by molar-refractivity contribution is -0.124. The van der Waals surface area contributed by atoms with Crippen LogP contribution in [-0.2, 0) is 9.53 Å². The van der Waals surface area contributed by atoms with Crippen molar-refractivity contribution in [1.29, 1.82) is 0 Å². The van der Waals surface area contributed by atoms with E-state index in [1.165, 1.54) is 44.9 Å². The fraction of sp³-hybridized carbons (Fsp3) is 0.812. The molecule has 0 N–H and O–H groups in total. The summed E-state index contributed by atoms with van der Waals surface area (Å²) in [5.41, 5.74) is 0. The van der Waals surface area contributed by atoms with Gasteiger partial charge in [-0.3, -0.25) is 4.79 Å². The number of unbranched alkanes of at least 4 members (excludes halogenated alkanes) is 7. The highest BCUT2D eigenvalue weighted by molar-refractivity contribution is 5.93. The number of ketones is 1. The van der Waals surface area contributed by atoms with Gasteiger partial charge >= 0.3 is 0 Å². The standard InChI is InChI=1S/C16H30O2/c1-4-6-7-8-9-10-11-12-14-16(18-3)15(17)13-5-2/h5,13,16H,4,6-12,14H2,1-3H3. The highest BCUT2D eigenvalue weighted by atomic mass is 16.5. The topological polar surface area (TPSA) is 26.3 Å². The van der Waals surface area contributed by atoms with Crippen molar-refractivity contribution in [1.82, 2.24) is 0 Å². The average molecular weight is 254 g/mol. The van der Waals surface area contributed by atoms with E-state index in [0.717, 1.165) is 12.8 Å². The molecule has 1 unspecified atom stereocenters. The number of methoxy groups -OCH3 is 1. The first-order valence-electron chi connectivity index (χ1n) is 7.45. The van der Waals surface area contributed by atoms with Crippen LogP contribution in [0.15, 0.2) is 12.2 Å². The Morgan fingerprint density at radius 3 is 2.11 bits per heavy atom. The number of allylic oxidation sites excluding steroid dienone is 1. The van der Waals surface area contributed by atoms with Gasteiger partial charge in [0.2, 0.25) is 0 Å². The second-order valence-electron chi connectivity index (χ2n) is 4.89. The van der Waals surface area contributed by atoms with Crippen LogP contribution in [0, 0.1) is 0 Å². The molecule has 0 aromatic rings. The van der Waals surface area contributed by atoms with Gasteiger partial charge in [0.1, 0.15) is 6.10 Å².